The minimum absolute atomic E-state index is 0.404. The predicted molar refractivity (Wildman–Crippen MR) is 106 cm³/mol. The van der Waals surface area contributed by atoms with Gasteiger partial charge in [-0.1, -0.05) is 42.5 Å². The Labute approximate surface area is 154 Å². The fourth-order valence-electron chi connectivity index (χ4n) is 2.82. The quantitative estimate of drug-likeness (QED) is 0.591. The summed E-state index contributed by atoms with van der Waals surface area (Å²) in [5.41, 5.74) is 9.33. The zero-order valence-electron chi connectivity index (χ0n) is 14.7. The molecule has 2 aromatic carbocycles. The van der Waals surface area contributed by atoms with Gasteiger partial charge in [0.2, 0.25) is 5.91 Å². The Morgan fingerprint density at radius 3 is 2.08 bits per heavy atom. The number of nitrogens with two attached hydrogens (primary N) is 1. The number of carbonyl (C=O) groups excluding carboxylic acids is 1. The lowest BCUT2D eigenvalue weighted by molar-refractivity contribution is 0.1000. The molecule has 3 aromatic rings. The highest BCUT2D eigenvalue weighted by Gasteiger charge is 2.02. The molecule has 0 radical (unpaired) electrons. The van der Waals surface area contributed by atoms with Crippen molar-refractivity contribution in [2.45, 2.75) is 25.7 Å². The van der Waals surface area contributed by atoms with E-state index in [4.69, 9.17) is 5.73 Å². The Kier molecular flexibility index (Phi) is 5.99. The average Bonchev–Trinajstić information content (AvgIpc) is 2.68. The van der Waals surface area contributed by atoms with Crippen molar-refractivity contribution in [2.24, 2.45) is 5.73 Å². The van der Waals surface area contributed by atoms with Gasteiger partial charge in [0.1, 0.15) is 5.82 Å². The molecule has 1 aromatic heterocycles. The zero-order valence-corrected chi connectivity index (χ0v) is 14.7. The maximum absolute atomic E-state index is 11.1. The highest BCUT2D eigenvalue weighted by atomic mass is 16.1. The molecular weight excluding hydrogens is 322 g/mol. The number of benzene rings is 2. The maximum atomic E-state index is 11.1. The Morgan fingerprint density at radius 1 is 0.846 bits per heavy atom. The number of unbranched alkanes of at least 4 members (excludes halogenated alkanes) is 1. The monoisotopic (exact) mass is 345 g/mol. The van der Waals surface area contributed by atoms with E-state index in [-0.39, 0.29) is 0 Å². The molecule has 3 rings (SSSR count). The lowest BCUT2D eigenvalue weighted by Crippen LogP contribution is -2.11. The van der Waals surface area contributed by atoms with E-state index in [0.717, 1.165) is 18.5 Å². The summed E-state index contributed by atoms with van der Waals surface area (Å²) in [4.78, 5) is 15.3. The standard InChI is InChI=1S/C22H23N3O/c23-22(26)19-12-15-21(24-16-19)25-20-13-10-18(11-14-20)9-5-4-8-17-6-2-1-3-7-17/h1-3,6-7,10-16H,4-5,8-9H2,(H2,23,26)(H,24,25). The molecule has 0 unspecified atom stereocenters. The minimum Gasteiger partial charge on any atom is -0.366 e. The number of nitrogens with zero attached hydrogens (tertiary/aromatic N) is 1. The van der Waals surface area contributed by atoms with Crippen molar-refractivity contribution < 1.29 is 4.79 Å². The van der Waals surface area contributed by atoms with E-state index in [9.17, 15) is 4.79 Å². The fraction of sp³-hybridized carbons (Fsp3) is 0.182. The van der Waals surface area contributed by atoms with Crippen LogP contribution in [-0.4, -0.2) is 10.9 Å². The van der Waals surface area contributed by atoms with Crippen molar-refractivity contribution in [2.75, 3.05) is 5.32 Å². The number of carbonyl (C=O) groups is 1. The SMILES string of the molecule is NC(=O)c1ccc(Nc2ccc(CCCCc3ccccc3)cc2)nc1. The molecule has 26 heavy (non-hydrogen) atoms. The molecule has 0 atom stereocenters. The third-order valence-corrected chi connectivity index (χ3v) is 4.30. The van der Waals surface area contributed by atoms with Gasteiger partial charge in [0.05, 0.1) is 5.56 Å². The number of pyridine rings is 1. The Hall–Kier alpha value is -3.14. The van der Waals surface area contributed by atoms with Crippen LogP contribution in [0.1, 0.15) is 34.3 Å². The van der Waals surface area contributed by atoms with Gasteiger partial charge in [0.15, 0.2) is 0 Å². The molecule has 4 nitrogen and oxygen atoms in total. The summed E-state index contributed by atoms with van der Waals surface area (Å²) in [6.07, 6.45) is 6.07. The topological polar surface area (TPSA) is 68.0 Å². The number of nitrogens with one attached hydrogen (secondary N) is 1. The first-order valence-corrected chi connectivity index (χ1v) is 8.86. The number of aromatic nitrogens is 1. The van der Waals surface area contributed by atoms with Crippen LogP contribution < -0.4 is 11.1 Å². The maximum Gasteiger partial charge on any atom is 0.250 e. The molecule has 0 saturated carbocycles. The Morgan fingerprint density at radius 2 is 1.50 bits per heavy atom. The molecule has 0 aliphatic carbocycles. The van der Waals surface area contributed by atoms with Crippen molar-refractivity contribution in [3.8, 4) is 0 Å². The lowest BCUT2D eigenvalue weighted by atomic mass is 10.0. The summed E-state index contributed by atoms with van der Waals surface area (Å²) in [6, 6.07) is 22.4. The van der Waals surface area contributed by atoms with Crippen LogP contribution >= 0.6 is 0 Å². The zero-order chi connectivity index (χ0) is 18.2. The number of rotatable bonds is 8. The van der Waals surface area contributed by atoms with Crippen molar-refractivity contribution in [3.63, 3.8) is 0 Å². The van der Waals surface area contributed by atoms with Gasteiger partial charge in [-0.05, 0) is 61.1 Å². The third-order valence-electron chi connectivity index (χ3n) is 4.30. The van der Waals surface area contributed by atoms with Gasteiger partial charge in [-0.25, -0.2) is 4.98 Å². The molecule has 1 heterocycles. The molecule has 0 saturated heterocycles. The van der Waals surface area contributed by atoms with Crippen LogP contribution in [0.15, 0.2) is 72.9 Å². The van der Waals surface area contributed by atoms with Crippen LogP contribution in [0.3, 0.4) is 0 Å². The van der Waals surface area contributed by atoms with E-state index in [0.29, 0.717) is 11.4 Å². The van der Waals surface area contributed by atoms with Crippen LogP contribution in [0.5, 0.6) is 0 Å². The van der Waals surface area contributed by atoms with Crippen molar-refractivity contribution in [1.29, 1.82) is 0 Å². The van der Waals surface area contributed by atoms with E-state index in [2.05, 4.69) is 64.9 Å². The second-order valence-electron chi connectivity index (χ2n) is 6.31. The lowest BCUT2D eigenvalue weighted by Gasteiger charge is -2.07. The minimum atomic E-state index is -0.472. The summed E-state index contributed by atoms with van der Waals surface area (Å²) in [5, 5.41) is 3.22. The number of hydrogen-bond donors (Lipinski definition) is 2. The molecule has 0 aliphatic heterocycles. The molecular formula is C22H23N3O. The molecule has 4 heteroatoms. The van der Waals surface area contributed by atoms with Gasteiger partial charge in [0, 0.05) is 11.9 Å². The normalized spacial score (nSPS) is 10.5. The first kappa shape index (κ1) is 17.7. The summed E-state index contributed by atoms with van der Waals surface area (Å²) < 4.78 is 0. The van der Waals surface area contributed by atoms with Gasteiger partial charge in [-0.2, -0.15) is 0 Å². The molecule has 0 bridgehead atoms. The molecule has 1 amide bonds. The predicted octanol–water partition coefficient (Wildman–Crippen LogP) is 4.49. The second kappa shape index (κ2) is 8.81. The Balaban J connectivity index is 1.46. The number of primary amides is 1. The van der Waals surface area contributed by atoms with Gasteiger partial charge in [-0.15, -0.1) is 0 Å². The first-order chi connectivity index (χ1) is 12.7. The Bertz CT molecular complexity index is 828. The second-order valence-corrected chi connectivity index (χ2v) is 6.31. The average molecular weight is 345 g/mol. The van der Waals surface area contributed by atoms with Gasteiger partial charge in [0.25, 0.3) is 0 Å². The van der Waals surface area contributed by atoms with E-state index in [1.165, 1.54) is 30.2 Å². The van der Waals surface area contributed by atoms with Crippen LogP contribution in [-0.2, 0) is 12.8 Å². The fourth-order valence-corrected chi connectivity index (χ4v) is 2.82. The van der Waals surface area contributed by atoms with Crippen LogP contribution in [0.2, 0.25) is 0 Å². The summed E-state index contributed by atoms with van der Waals surface area (Å²) in [5.74, 6) is 0.214. The van der Waals surface area contributed by atoms with Gasteiger partial charge < -0.3 is 11.1 Å². The molecule has 0 spiro atoms. The highest BCUT2D eigenvalue weighted by Crippen LogP contribution is 2.17. The molecule has 3 N–H and O–H groups in total. The summed E-state index contributed by atoms with van der Waals surface area (Å²) in [6.45, 7) is 0. The van der Waals surface area contributed by atoms with E-state index in [1.807, 2.05) is 0 Å². The summed E-state index contributed by atoms with van der Waals surface area (Å²) >= 11 is 0. The van der Waals surface area contributed by atoms with Crippen LogP contribution in [0, 0.1) is 0 Å². The molecule has 132 valence electrons. The highest BCUT2D eigenvalue weighted by molar-refractivity contribution is 5.92. The largest absolute Gasteiger partial charge is 0.366 e. The third kappa shape index (κ3) is 5.18. The number of aryl methyl sites for hydroxylation is 2. The van der Waals surface area contributed by atoms with Gasteiger partial charge >= 0.3 is 0 Å². The van der Waals surface area contributed by atoms with Crippen LogP contribution in [0.25, 0.3) is 0 Å². The van der Waals surface area contributed by atoms with Crippen LogP contribution in [0.4, 0.5) is 11.5 Å². The number of amides is 1. The molecule has 0 aliphatic rings. The van der Waals surface area contributed by atoms with Crippen molar-refractivity contribution >= 4 is 17.4 Å². The number of anilines is 2. The number of hydrogen-bond acceptors (Lipinski definition) is 3. The molecule has 0 fully saturated rings. The van der Waals surface area contributed by atoms with E-state index >= 15 is 0 Å². The van der Waals surface area contributed by atoms with E-state index < -0.39 is 5.91 Å². The van der Waals surface area contributed by atoms with E-state index in [1.54, 1.807) is 12.1 Å². The smallest absolute Gasteiger partial charge is 0.250 e. The van der Waals surface area contributed by atoms with Crippen molar-refractivity contribution in [3.05, 3.63) is 89.6 Å². The first-order valence-electron chi connectivity index (χ1n) is 8.86. The van der Waals surface area contributed by atoms with Crippen molar-refractivity contribution in [1.82, 2.24) is 4.98 Å². The van der Waals surface area contributed by atoms with Gasteiger partial charge in [-0.3, -0.25) is 4.79 Å². The summed E-state index contributed by atoms with van der Waals surface area (Å²) in [7, 11) is 0.